The van der Waals surface area contributed by atoms with Crippen molar-refractivity contribution in [2.24, 2.45) is 0 Å². The third-order valence-corrected chi connectivity index (χ3v) is 14.9. The molecule has 0 N–H and O–H groups in total. The van der Waals surface area contributed by atoms with Crippen LogP contribution in [0.25, 0.3) is 0 Å². The Kier molecular flexibility index (Phi) is 60.6. The van der Waals surface area contributed by atoms with Crippen LogP contribution in [0.4, 0.5) is 0 Å². The molecule has 0 saturated heterocycles. The maximum Gasteiger partial charge on any atom is 0.306 e. The highest BCUT2D eigenvalue weighted by molar-refractivity contribution is 5.71. The molecule has 73 heavy (non-hydrogen) atoms. The molecule has 0 aromatic carbocycles. The summed E-state index contributed by atoms with van der Waals surface area (Å²) in [6, 6.07) is 0. The van der Waals surface area contributed by atoms with E-state index in [0.29, 0.717) is 19.3 Å². The van der Waals surface area contributed by atoms with Crippen LogP contribution in [0.15, 0.2) is 24.3 Å². The molecule has 430 valence electrons. The number of carbonyl (C=O) groups excluding carboxylic acids is 3. The first-order valence-corrected chi connectivity index (χ1v) is 32.8. The number of allylic oxidation sites excluding steroid dienone is 4. The summed E-state index contributed by atoms with van der Waals surface area (Å²) in [4.78, 5) is 38.0. The zero-order chi connectivity index (χ0) is 52.9. The maximum absolute atomic E-state index is 12.8. The van der Waals surface area contributed by atoms with Crippen LogP contribution in [0.3, 0.4) is 0 Å². The van der Waals surface area contributed by atoms with E-state index < -0.39 is 6.10 Å². The first kappa shape index (κ1) is 70.9. The van der Waals surface area contributed by atoms with Crippen molar-refractivity contribution in [3.63, 3.8) is 0 Å². The monoisotopic (exact) mass is 1030 g/mol. The lowest BCUT2D eigenvalue weighted by molar-refractivity contribution is -0.167. The fourth-order valence-electron chi connectivity index (χ4n) is 9.97. The molecule has 0 spiro atoms. The van der Waals surface area contributed by atoms with Crippen LogP contribution in [-0.4, -0.2) is 37.2 Å². The second kappa shape index (κ2) is 62.4. The number of hydrogen-bond donors (Lipinski definition) is 0. The standard InChI is InChI=1S/C67H126O6/c1-4-7-10-13-16-18-20-22-24-26-27-28-29-30-31-32-33-34-35-36-37-38-39-41-42-44-46-48-51-54-57-60-66(69)72-63-64(62-71-65(68)59-56-53-50-15-12-9-6-3)73-67(70)61-58-55-52-49-47-45-43-40-25-23-21-19-17-14-11-8-5-2/h23,25-27,64H,4-22,24,28-63H2,1-3H3/b25-23-,27-26-. The molecule has 0 rings (SSSR count). The molecule has 0 aliphatic rings. The van der Waals surface area contributed by atoms with Crippen molar-refractivity contribution in [3.8, 4) is 0 Å². The van der Waals surface area contributed by atoms with Gasteiger partial charge in [-0.25, -0.2) is 0 Å². The molecule has 0 fully saturated rings. The lowest BCUT2D eigenvalue weighted by atomic mass is 10.0. The Hall–Kier alpha value is -2.11. The number of rotatable bonds is 61. The molecule has 1 atom stereocenters. The Labute approximate surface area is 455 Å². The molecule has 0 heterocycles. The van der Waals surface area contributed by atoms with Gasteiger partial charge in [-0.05, 0) is 70.6 Å². The number of carbonyl (C=O) groups is 3. The van der Waals surface area contributed by atoms with Crippen LogP contribution in [0, 0.1) is 0 Å². The van der Waals surface area contributed by atoms with E-state index in [-0.39, 0.29) is 31.1 Å². The molecule has 0 aromatic rings. The van der Waals surface area contributed by atoms with Crippen molar-refractivity contribution in [1.82, 2.24) is 0 Å². The van der Waals surface area contributed by atoms with E-state index >= 15 is 0 Å². The molecule has 0 bridgehead atoms. The first-order valence-electron chi connectivity index (χ1n) is 32.8. The van der Waals surface area contributed by atoms with Crippen LogP contribution in [0.1, 0.15) is 367 Å². The first-order chi connectivity index (χ1) is 36.0. The SMILES string of the molecule is CCCCCCCC/C=C\CCCCCCCCCC(=O)OC(COC(=O)CCCCCCCCC)COC(=O)CCCCCCCCCCCCCCCCCCCCC/C=C\CCCCCCCCCC. The van der Waals surface area contributed by atoms with Crippen molar-refractivity contribution < 1.29 is 28.6 Å². The maximum atomic E-state index is 12.8. The molecule has 6 nitrogen and oxygen atoms in total. The van der Waals surface area contributed by atoms with Gasteiger partial charge in [-0.1, -0.05) is 302 Å². The van der Waals surface area contributed by atoms with Crippen molar-refractivity contribution in [1.29, 1.82) is 0 Å². The minimum atomic E-state index is -0.768. The minimum absolute atomic E-state index is 0.0679. The summed E-state index contributed by atoms with van der Waals surface area (Å²) in [6.07, 6.45) is 75.2. The highest BCUT2D eigenvalue weighted by Crippen LogP contribution is 2.18. The van der Waals surface area contributed by atoms with Gasteiger partial charge >= 0.3 is 17.9 Å². The summed E-state index contributed by atoms with van der Waals surface area (Å²) in [5, 5.41) is 0. The van der Waals surface area contributed by atoms with Crippen LogP contribution in [-0.2, 0) is 28.6 Å². The Morgan fingerprint density at radius 3 is 0.685 bits per heavy atom. The van der Waals surface area contributed by atoms with E-state index in [1.54, 1.807) is 0 Å². The lowest BCUT2D eigenvalue weighted by Crippen LogP contribution is -2.30. The van der Waals surface area contributed by atoms with E-state index in [1.807, 2.05) is 0 Å². The van der Waals surface area contributed by atoms with Gasteiger partial charge in [0, 0.05) is 19.3 Å². The highest BCUT2D eigenvalue weighted by atomic mass is 16.6. The Morgan fingerprint density at radius 2 is 0.452 bits per heavy atom. The molecule has 0 saturated carbocycles. The smallest absolute Gasteiger partial charge is 0.306 e. The summed E-state index contributed by atoms with van der Waals surface area (Å²) in [5.41, 5.74) is 0. The van der Waals surface area contributed by atoms with Gasteiger partial charge in [-0.2, -0.15) is 0 Å². The van der Waals surface area contributed by atoms with Crippen molar-refractivity contribution in [2.75, 3.05) is 13.2 Å². The molecule has 0 aromatic heterocycles. The number of ether oxygens (including phenoxy) is 3. The third-order valence-electron chi connectivity index (χ3n) is 14.9. The van der Waals surface area contributed by atoms with Crippen molar-refractivity contribution >= 4 is 17.9 Å². The minimum Gasteiger partial charge on any atom is -0.462 e. The van der Waals surface area contributed by atoms with Gasteiger partial charge in [0.2, 0.25) is 0 Å². The zero-order valence-electron chi connectivity index (χ0n) is 49.4. The molecule has 0 amide bonds. The number of esters is 3. The fourth-order valence-corrected chi connectivity index (χ4v) is 9.97. The van der Waals surface area contributed by atoms with Crippen molar-refractivity contribution in [2.45, 2.75) is 374 Å². The Bertz CT molecular complexity index is 1180. The van der Waals surface area contributed by atoms with Crippen LogP contribution in [0.5, 0.6) is 0 Å². The summed E-state index contributed by atoms with van der Waals surface area (Å²) < 4.78 is 16.8. The molecule has 6 heteroatoms. The second-order valence-corrected chi connectivity index (χ2v) is 22.4. The zero-order valence-corrected chi connectivity index (χ0v) is 49.4. The normalized spacial score (nSPS) is 12.1. The molecule has 0 aliphatic carbocycles. The molecular weight excluding hydrogens is 901 g/mol. The Balaban J connectivity index is 3.98. The fraction of sp³-hybridized carbons (Fsp3) is 0.896. The van der Waals surface area contributed by atoms with Gasteiger partial charge in [0.1, 0.15) is 13.2 Å². The molecule has 0 radical (unpaired) electrons. The van der Waals surface area contributed by atoms with E-state index in [1.165, 1.54) is 270 Å². The summed E-state index contributed by atoms with van der Waals surface area (Å²) in [6.45, 7) is 6.65. The van der Waals surface area contributed by atoms with Gasteiger partial charge in [0.25, 0.3) is 0 Å². The third kappa shape index (κ3) is 60.6. The quantitative estimate of drug-likeness (QED) is 0.0261. The average Bonchev–Trinajstić information content (AvgIpc) is 3.39. The van der Waals surface area contributed by atoms with E-state index in [0.717, 1.165) is 57.8 Å². The van der Waals surface area contributed by atoms with Gasteiger partial charge in [0.05, 0.1) is 0 Å². The van der Waals surface area contributed by atoms with E-state index in [2.05, 4.69) is 45.1 Å². The van der Waals surface area contributed by atoms with Gasteiger partial charge in [-0.15, -0.1) is 0 Å². The van der Waals surface area contributed by atoms with Crippen LogP contribution < -0.4 is 0 Å². The number of unbranched alkanes of at least 4 members (excludes halogenated alkanes) is 46. The van der Waals surface area contributed by atoms with Gasteiger partial charge in [0.15, 0.2) is 6.10 Å². The predicted octanol–water partition coefficient (Wildman–Crippen LogP) is 22.2. The number of hydrogen-bond acceptors (Lipinski definition) is 6. The molecule has 1 unspecified atom stereocenters. The average molecular weight is 1030 g/mol. The lowest BCUT2D eigenvalue weighted by Gasteiger charge is -2.18. The Morgan fingerprint density at radius 1 is 0.260 bits per heavy atom. The van der Waals surface area contributed by atoms with Crippen LogP contribution >= 0.6 is 0 Å². The van der Waals surface area contributed by atoms with Gasteiger partial charge in [-0.3, -0.25) is 14.4 Å². The molecule has 0 aliphatic heterocycles. The summed E-state index contributed by atoms with van der Waals surface area (Å²) >= 11 is 0. The van der Waals surface area contributed by atoms with Gasteiger partial charge < -0.3 is 14.2 Å². The summed E-state index contributed by atoms with van der Waals surface area (Å²) in [5.74, 6) is -0.856. The van der Waals surface area contributed by atoms with E-state index in [9.17, 15) is 14.4 Å². The largest absolute Gasteiger partial charge is 0.462 e. The predicted molar refractivity (Wildman–Crippen MR) is 316 cm³/mol. The van der Waals surface area contributed by atoms with Crippen molar-refractivity contribution in [3.05, 3.63) is 24.3 Å². The highest BCUT2D eigenvalue weighted by Gasteiger charge is 2.19. The second-order valence-electron chi connectivity index (χ2n) is 22.4. The van der Waals surface area contributed by atoms with Crippen LogP contribution in [0.2, 0.25) is 0 Å². The summed E-state index contributed by atoms with van der Waals surface area (Å²) in [7, 11) is 0. The van der Waals surface area contributed by atoms with E-state index in [4.69, 9.17) is 14.2 Å². The topological polar surface area (TPSA) is 78.9 Å². The molecular formula is C67H126O6.